The van der Waals surface area contributed by atoms with Crippen LogP contribution in [0.25, 0.3) is 11.0 Å². The zero-order valence-electron chi connectivity index (χ0n) is 11.8. The minimum Gasteiger partial charge on any atom is -0.465 e. The van der Waals surface area contributed by atoms with Crippen LogP contribution in [0.3, 0.4) is 0 Å². The average Bonchev–Trinajstić information content (AvgIpc) is 2.94. The molecule has 0 saturated carbocycles. The first-order chi connectivity index (χ1) is 11.2. The monoisotopic (exact) mass is 323 g/mol. The topological polar surface area (TPSA) is 56.2 Å². The van der Waals surface area contributed by atoms with E-state index in [2.05, 4.69) is 10.3 Å². The molecule has 2 aliphatic heterocycles. The van der Waals surface area contributed by atoms with E-state index in [1.807, 2.05) is 28.8 Å². The van der Waals surface area contributed by atoms with Gasteiger partial charge in [0.05, 0.1) is 22.2 Å². The van der Waals surface area contributed by atoms with Crippen LogP contribution < -0.4 is 10.1 Å². The number of ether oxygens (including phenoxy) is 1. The van der Waals surface area contributed by atoms with Gasteiger partial charge in [0.1, 0.15) is 5.75 Å². The van der Waals surface area contributed by atoms with Gasteiger partial charge in [-0.2, -0.15) is 0 Å². The number of fused-ring (bicyclic) bond motifs is 6. The molecule has 2 aliphatic rings. The highest BCUT2D eigenvalue weighted by Gasteiger charge is 2.37. The quantitative estimate of drug-likeness (QED) is 0.684. The van der Waals surface area contributed by atoms with E-state index in [4.69, 9.17) is 16.3 Å². The summed E-state index contributed by atoms with van der Waals surface area (Å²) in [6, 6.07) is 12.8. The summed E-state index contributed by atoms with van der Waals surface area (Å²) in [4.78, 5) is 17.3. The minimum atomic E-state index is -0.528. The molecule has 23 heavy (non-hydrogen) atoms. The van der Waals surface area contributed by atoms with Gasteiger partial charge in [-0.15, -0.1) is 0 Å². The smallest absolute Gasteiger partial charge is 0.211 e. The molecule has 2 aromatic carbocycles. The van der Waals surface area contributed by atoms with Crippen LogP contribution in [-0.2, 0) is 0 Å². The number of hydrogen-bond donors (Lipinski definition) is 1. The summed E-state index contributed by atoms with van der Waals surface area (Å²) >= 11 is 6.00. The first-order valence-electron chi connectivity index (χ1n) is 7.17. The van der Waals surface area contributed by atoms with E-state index in [-0.39, 0.29) is 5.78 Å². The zero-order chi connectivity index (χ0) is 15.6. The van der Waals surface area contributed by atoms with Crippen molar-refractivity contribution in [3.05, 3.63) is 64.8 Å². The number of Topliss-reactive ketones (excluding diaryl/α,β-unsaturated/α-hetero) is 1. The lowest BCUT2D eigenvalue weighted by Gasteiger charge is -2.32. The molecule has 0 saturated heterocycles. The molecule has 0 fully saturated rings. The Bertz CT molecular complexity index is 1020. The molecule has 3 aromatic rings. The van der Waals surface area contributed by atoms with Crippen LogP contribution in [0.5, 0.6) is 5.75 Å². The molecule has 1 unspecified atom stereocenters. The van der Waals surface area contributed by atoms with Crippen molar-refractivity contribution in [2.24, 2.45) is 0 Å². The third-order valence-electron chi connectivity index (χ3n) is 4.14. The Hall–Kier alpha value is -2.79. The van der Waals surface area contributed by atoms with Gasteiger partial charge in [0.2, 0.25) is 12.2 Å². The largest absolute Gasteiger partial charge is 0.465 e. The standard InChI is InChI=1S/C17H10ClN3O2/c18-9-5-6-14-10(7-9)15(22)11-8-19-17-20-12-3-1-2-4-13(12)21(17)16(11)23-14/h1-8,16H,(H,19,20). The Morgan fingerprint density at radius 2 is 2.09 bits per heavy atom. The summed E-state index contributed by atoms with van der Waals surface area (Å²) in [6.45, 7) is 0. The van der Waals surface area contributed by atoms with Gasteiger partial charge in [0, 0.05) is 11.2 Å². The Labute approximate surface area is 136 Å². The van der Waals surface area contributed by atoms with Gasteiger partial charge in [-0.25, -0.2) is 4.98 Å². The van der Waals surface area contributed by atoms with Crippen molar-refractivity contribution in [1.82, 2.24) is 9.55 Å². The fourth-order valence-electron chi connectivity index (χ4n) is 3.09. The third kappa shape index (κ3) is 1.68. The van der Waals surface area contributed by atoms with Gasteiger partial charge in [-0.1, -0.05) is 23.7 Å². The summed E-state index contributed by atoms with van der Waals surface area (Å²) in [5.41, 5.74) is 2.78. The van der Waals surface area contributed by atoms with Crippen molar-refractivity contribution < 1.29 is 9.53 Å². The van der Waals surface area contributed by atoms with E-state index >= 15 is 0 Å². The molecule has 3 heterocycles. The van der Waals surface area contributed by atoms with Crippen molar-refractivity contribution >= 4 is 34.4 Å². The molecule has 0 spiro atoms. The number of nitrogens with zero attached hydrogens (tertiary/aromatic N) is 2. The predicted molar refractivity (Wildman–Crippen MR) is 86.9 cm³/mol. The zero-order valence-corrected chi connectivity index (χ0v) is 12.5. The summed E-state index contributed by atoms with van der Waals surface area (Å²) in [6.07, 6.45) is 1.14. The van der Waals surface area contributed by atoms with Crippen LogP contribution in [0.4, 0.5) is 5.95 Å². The van der Waals surface area contributed by atoms with Crippen LogP contribution in [0.15, 0.2) is 54.2 Å². The second-order valence-electron chi connectivity index (χ2n) is 5.48. The Morgan fingerprint density at radius 1 is 1.22 bits per heavy atom. The number of para-hydroxylation sites is 2. The lowest BCUT2D eigenvalue weighted by molar-refractivity contribution is 0.0901. The summed E-state index contributed by atoms with van der Waals surface area (Å²) < 4.78 is 7.99. The molecule has 5 rings (SSSR count). The fourth-order valence-corrected chi connectivity index (χ4v) is 3.26. The Balaban J connectivity index is 1.74. The predicted octanol–water partition coefficient (Wildman–Crippen LogP) is 3.77. The number of imidazole rings is 1. The number of rotatable bonds is 0. The molecule has 5 nitrogen and oxygen atoms in total. The van der Waals surface area contributed by atoms with Crippen molar-refractivity contribution in [1.29, 1.82) is 0 Å². The molecule has 1 atom stereocenters. The van der Waals surface area contributed by atoms with Gasteiger partial charge in [-0.3, -0.25) is 9.36 Å². The fraction of sp³-hybridized carbons (Fsp3) is 0.0588. The van der Waals surface area contributed by atoms with Gasteiger partial charge in [-0.05, 0) is 30.3 Å². The molecular formula is C17H10ClN3O2. The van der Waals surface area contributed by atoms with Crippen LogP contribution in [0.1, 0.15) is 16.6 Å². The average molecular weight is 324 g/mol. The van der Waals surface area contributed by atoms with E-state index in [1.165, 1.54) is 0 Å². The number of halogens is 1. The molecule has 6 heteroatoms. The molecule has 112 valence electrons. The molecule has 1 aromatic heterocycles. The summed E-state index contributed by atoms with van der Waals surface area (Å²) in [7, 11) is 0. The first-order valence-corrected chi connectivity index (χ1v) is 7.54. The second-order valence-corrected chi connectivity index (χ2v) is 5.91. The summed E-state index contributed by atoms with van der Waals surface area (Å²) in [5.74, 6) is 1.10. The van der Waals surface area contributed by atoms with Crippen molar-refractivity contribution in [2.45, 2.75) is 6.23 Å². The maximum atomic E-state index is 12.8. The molecular weight excluding hydrogens is 314 g/mol. The maximum Gasteiger partial charge on any atom is 0.211 e. The molecule has 1 N–H and O–H groups in total. The number of carbonyl (C=O) groups is 1. The van der Waals surface area contributed by atoms with Gasteiger partial charge >= 0.3 is 0 Å². The number of anilines is 1. The number of hydrogen-bond acceptors (Lipinski definition) is 4. The molecule has 0 radical (unpaired) electrons. The number of benzene rings is 2. The van der Waals surface area contributed by atoms with E-state index < -0.39 is 6.23 Å². The second kappa shape index (κ2) is 4.36. The van der Waals surface area contributed by atoms with Crippen LogP contribution in [-0.4, -0.2) is 15.3 Å². The highest BCUT2D eigenvalue weighted by Crippen LogP contribution is 2.41. The SMILES string of the molecule is O=C1C2=CNc3nc4ccccc4n3C2Oc2ccc(Cl)cc21. The minimum absolute atomic E-state index is 0.0883. The van der Waals surface area contributed by atoms with Crippen LogP contribution >= 0.6 is 11.6 Å². The summed E-state index contributed by atoms with van der Waals surface area (Å²) in [5, 5.41) is 3.59. The highest BCUT2D eigenvalue weighted by molar-refractivity contribution is 6.31. The van der Waals surface area contributed by atoms with Crippen molar-refractivity contribution in [3.63, 3.8) is 0 Å². The van der Waals surface area contributed by atoms with Gasteiger partial charge in [0.15, 0.2) is 5.78 Å². The lowest BCUT2D eigenvalue weighted by Crippen LogP contribution is -2.32. The maximum absolute atomic E-state index is 12.8. The number of carbonyl (C=O) groups excluding carboxylic acids is 1. The van der Waals surface area contributed by atoms with Crippen LogP contribution in [0, 0.1) is 0 Å². The molecule has 0 bridgehead atoms. The first kappa shape index (κ1) is 12.7. The van der Waals surface area contributed by atoms with Crippen LogP contribution in [0.2, 0.25) is 5.02 Å². The van der Waals surface area contributed by atoms with Crippen molar-refractivity contribution in [3.8, 4) is 5.75 Å². The number of ketones is 1. The lowest BCUT2D eigenvalue weighted by atomic mass is 9.98. The highest BCUT2D eigenvalue weighted by atomic mass is 35.5. The van der Waals surface area contributed by atoms with E-state index in [0.717, 1.165) is 11.0 Å². The van der Waals surface area contributed by atoms with Crippen molar-refractivity contribution in [2.75, 3.05) is 5.32 Å². The Morgan fingerprint density at radius 3 is 3.00 bits per heavy atom. The third-order valence-corrected chi connectivity index (χ3v) is 4.38. The normalized spacial score (nSPS) is 18.4. The van der Waals surface area contributed by atoms with E-state index in [0.29, 0.717) is 27.9 Å². The Kier molecular flexibility index (Phi) is 2.41. The number of nitrogens with one attached hydrogen (secondary N) is 1. The number of aromatic nitrogens is 2. The molecule has 0 amide bonds. The molecule has 0 aliphatic carbocycles. The van der Waals surface area contributed by atoms with E-state index in [9.17, 15) is 4.79 Å². The van der Waals surface area contributed by atoms with E-state index in [1.54, 1.807) is 24.4 Å². The van der Waals surface area contributed by atoms with Gasteiger partial charge < -0.3 is 10.1 Å². The van der Waals surface area contributed by atoms with Gasteiger partial charge in [0.25, 0.3) is 0 Å².